The van der Waals surface area contributed by atoms with Gasteiger partial charge in [0, 0.05) is 25.8 Å². The van der Waals surface area contributed by atoms with Crippen molar-refractivity contribution in [2.24, 2.45) is 5.14 Å². The molecule has 3 rings (SSSR count). The Morgan fingerprint density at radius 2 is 1.70 bits per heavy atom. The Balaban J connectivity index is 2.03. The number of primary sulfonamides is 1. The van der Waals surface area contributed by atoms with E-state index in [2.05, 4.69) is 10.2 Å². The Hall–Kier alpha value is -2.75. The van der Waals surface area contributed by atoms with Gasteiger partial charge in [-0.15, -0.1) is 0 Å². The third kappa shape index (κ3) is 4.16. The van der Waals surface area contributed by atoms with Crippen molar-refractivity contribution < 1.29 is 8.42 Å². The third-order valence-electron chi connectivity index (χ3n) is 3.88. The largest absolute Gasteiger partial charge is 0.355 e. The second-order valence-electron chi connectivity index (χ2n) is 6.06. The Morgan fingerprint density at radius 1 is 1.07 bits per heavy atom. The number of nitrogens with zero attached hydrogens (tertiary/aromatic N) is 3. The Bertz CT molecular complexity index is 1040. The smallest absolute Gasteiger partial charge is 0.238 e. The van der Waals surface area contributed by atoms with E-state index in [0.29, 0.717) is 16.6 Å². The van der Waals surface area contributed by atoms with Crippen molar-refractivity contribution in [3.63, 3.8) is 0 Å². The van der Waals surface area contributed by atoms with E-state index in [-0.39, 0.29) is 4.90 Å². The average Bonchev–Trinajstić information content (AvgIpc) is 3.12. The molecule has 1 aromatic heterocycles. The maximum atomic E-state index is 11.5. The zero-order valence-corrected chi connectivity index (χ0v) is 16.5. The van der Waals surface area contributed by atoms with Crippen LogP contribution >= 0.6 is 12.2 Å². The number of nitrogens with one attached hydrogen (secondary N) is 1. The van der Waals surface area contributed by atoms with Crippen LogP contribution in [0.2, 0.25) is 0 Å². The topological polar surface area (TPSA) is 95.3 Å². The van der Waals surface area contributed by atoms with E-state index in [4.69, 9.17) is 17.4 Å². The van der Waals surface area contributed by atoms with E-state index in [1.165, 1.54) is 12.1 Å². The fourth-order valence-corrected chi connectivity index (χ4v) is 3.23. The summed E-state index contributed by atoms with van der Waals surface area (Å²) in [5.74, 6) is 0.593. The molecule has 2 aromatic carbocycles. The van der Waals surface area contributed by atoms with Crippen molar-refractivity contribution >= 4 is 38.9 Å². The second-order valence-corrected chi connectivity index (χ2v) is 7.98. The molecule has 0 saturated heterocycles. The highest BCUT2D eigenvalue weighted by atomic mass is 32.2. The van der Waals surface area contributed by atoms with Crippen LogP contribution in [0.4, 0.5) is 11.5 Å². The Labute approximate surface area is 163 Å². The minimum absolute atomic E-state index is 0.0361. The van der Waals surface area contributed by atoms with E-state index >= 15 is 0 Å². The molecule has 0 unspecified atom stereocenters. The van der Waals surface area contributed by atoms with Crippen LogP contribution in [0.25, 0.3) is 11.3 Å². The summed E-state index contributed by atoms with van der Waals surface area (Å²) in [5.41, 5.74) is 2.52. The molecule has 7 nitrogen and oxygen atoms in total. The Kier molecular flexibility index (Phi) is 5.26. The van der Waals surface area contributed by atoms with Crippen molar-refractivity contribution in [2.75, 3.05) is 19.0 Å². The number of hydrogen-bond donors (Lipinski definition) is 2. The molecule has 0 fully saturated rings. The van der Waals surface area contributed by atoms with Gasteiger partial charge in [-0.2, -0.15) is 5.10 Å². The first-order valence-electron chi connectivity index (χ1n) is 8.02. The summed E-state index contributed by atoms with van der Waals surface area (Å²) in [6.45, 7) is 0. The maximum absolute atomic E-state index is 11.5. The molecule has 0 saturated carbocycles. The van der Waals surface area contributed by atoms with Crippen molar-refractivity contribution in [1.82, 2.24) is 15.1 Å². The molecule has 0 spiro atoms. The summed E-state index contributed by atoms with van der Waals surface area (Å²) < 4.78 is 23.0. The fraction of sp³-hybridized carbons (Fsp3) is 0.111. The van der Waals surface area contributed by atoms with Gasteiger partial charge < -0.3 is 4.90 Å². The number of hydrogen-bond acceptors (Lipinski definition) is 4. The number of rotatable bonds is 4. The number of benzene rings is 2. The van der Waals surface area contributed by atoms with Crippen LogP contribution in [0.15, 0.2) is 65.6 Å². The molecule has 9 heteroatoms. The van der Waals surface area contributed by atoms with Gasteiger partial charge in [0.25, 0.3) is 0 Å². The van der Waals surface area contributed by atoms with Crippen LogP contribution in [-0.4, -0.2) is 42.7 Å². The number of sulfonamides is 1. The lowest BCUT2D eigenvalue weighted by molar-refractivity contribution is 0.598. The number of aromatic nitrogens is 2. The predicted octanol–water partition coefficient (Wildman–Crippen LogP) is 2.71. The maximum Gasteiger partial charge on any atom is 0.238 e. The van der Waals surface area contributed by atoms with E-state index in [9.17, 15) is 8.42 Å². The summed E-state index contributed by atoms with van der Waals surface area (Å²) in [4.78, 5) is 3.57. The summed E-state index contributed by atoms with van der Waals surface area (Å²) in [7, 11) is -0.0977. The summed E-state index contributed by atoms with van der Waals surface area (Å²) in [6.07, 6.45) is 0. The second kappa shape index (κ2) is 7.47. The summed E-state index contributed by atoms with van der Waals surface area (Å²) in [6, 6.07) is 17.9. The van der Waals surface area contributed by atoms with Crippen LogP contribution in [-0.2, 0) is 10.0 Å². The van der Waals surface area contributed by atoms with Crippen molar-refractivity contribution in [3.8, 4) is 11.3 Å². The molecule has 0 amide bonds. The molecule has 0 radical (unpaired) electrons. The minimum Gasteiger partial charge on any atom is -0.355 e. The van der Waals surface area contributed by atoms with Gasteiger partial charge in [0.15, 0.2) is 10.9 Å². The van der Waals surface area contributed by atoms with Gasteiger partial charge >= 0.3 is 0 Å². The van der Waals surface area contributed by atoms with Crippen LogP contribution in [0.5, 0.6) is 0 Å². The van der Waals surface area contributed by atoms with Gasteiger partial charge in [0.2, 0.25) is 10.0 Å². The van der Waals surface area contributed by atoms with Crippen molar-refractivity contribution in [3.05, 3.63) is 60.7 Å². The fourth-order valence-electron chi connectivity index (χ4n) is 2.52. The van der Waals surface area contributed by atoms with Crippen LogP contribution in [0.3, 0.4) is 0 Å². The molecule has 1 heterocycles. The predicted molar refractivity (Wildman–Crippen MR) is 110 cm³/mol. The van der Waals surface area contributed by atoms with Crippen LogP contribution < -0.4 is 10.0 Å². The molecule has 0 aliphatic carbocycles. The normalized spacial score (nSPS) is 11.2. The highest BCUT2D eigenvalue weighted by Gasteiger charge is 2.20. The third-order valence-corrected chi connectivity index (χ3v) is 5.35. The number of aromatic amines is 1. The molecule has 0 aliphatic heterocycles. The molecule has 0 atom stereocenters. The zero-order valence-electron chi connectivity index (χ0n) is 14.8. The van der Waals surface area contributed by atoms with Gasteiger partial charge in [-0.25, -0.2) is 13.6 Å². The zero-order chi connectivity index (χ0) is 19.6. The molecule has 0 aliphatic rings. The van der Waals surface area contributed by atoms with E-state index in [1.54, 1.807) is 21.9 Å². The highest BCUT2D eigenvalue weighted by Crippen LogP contribution is 2.29. The SMILES string of the molecule is CN(C)C(=S)N(c1ccc(S(N)(=O)=O)cc1)c1cc(-c2ccccc2)[nH]n1. The minimum atomic E-state index is -3.76. The highest BCUT2D eigenvalue weighted by molar-refractivity contribution is 7.89. The lowest BCUT2D eigenvalue weighted by Gasteiger charge is -2.27. The average molecular weight is 402 g/mol. The molecular weight excluding hydrogens is 382 g/mol. The Morgan fingerprint density at radius 3 is 2.26 bits per heavy atom. The monoisotopic (exact) mass is 401 g/mol. The van der Waals surface area contributed by atoms with Gasteiger partial charge in [-0.3, -0.25) is 10.00 Å². The lowest BCUT2D eigenvalue weighted by Crippen LogP contribution is -2.36. The molecular formula is C18H19N5O2S2. The number of nitrogens with two attached hydrogens (primary N) is 1. The number of thiocarbonyl (C=S) groups is 1. The van der Waals surface area contributed by atoms with E-state index in [1.807, 2.05) is 50.5 Å². The van der Waals surface area contributed by atoms with E-state index in [0.717, 1.165) is 11.3 Å². The molecule has 0 bridgehead atoms. The molecule has 27 heavy (non-hydrogen) atoms. The van der Waals surface area contributed by atoms with Gasteiger partial charge in [-0.05, 0) is 42.0 Å². The van der Waals surface area contributed by atoms with Crippen molar-refractivity contribution in [2.45, 2.75) is 4.90 Å². The van der Waals surface area contributed by atoms with E-state index < -0.39 is 10.0 Å². The molecule has 140 valence electrons. The first-order chi connectivity index (χ1) is 12.8. The lowest BCUT2D eigenvalue weighted by atomic mass is 10.1. The number of anilines is 2. The van der Waals surface area contributed by atoms with Gasteiger partial charge in [0.05, 0.1) is 10.6 Å². The number of H-pyrrole nitrogens is 1. The first-order valence-corrected chi connectivity index (χ1v) is 9.98. The van der Waals surface area contributed by atoms with Gasteiger partial charge in [-0.1, -0.05) is 30.3 Å². The van der Waals surface area contributed by atoms with Gasteiger partial charge in [0.1, 0.15) is 0 Å². The van der Waals surface area contributed by atoms with Crippen LogP contribution in [0, 0.1) is 0 Å². The molecule has 3 aromatic rings. The summed E-state index contributed by atoms with van der Waals surface area (Å²) in [5, 5.41) is 13.1. The summed E-state index contributed by atoms with van der Waals surface area (Å²) >= 11 is 5.55. The quantitative estimate of drug-likeness (QED) is 0.653. The molecule has 3 N–H and O–H groups in total. The first kappa shape index (κ1) is 19.0. The standard InChI is InChI=1S/C18H19N5O2S2/c1-22(2)18(26)23(14-8-10-15(11-9-14)27(19,24)25)17-12-16(20-21-17)13-6-4-3-5-7-13/h3-12H,1-2H3,(H,20,21)(H2,19,24,25). The van der Waals surface area contributed by atoms with Crippen molar-refractivity contribution in [1.29, 1.82) is 0 Å². The van der Waals surface area contributed by atoms with Crippen LogP contribution in [0.1, 0.15) is 0 Å².